The predicted octanol–water partition coefficient (Wildman–Crippen LogP) is 3.38. The van der Waals surface area contributed by atoms with Crippen molar-refractivity contribution in [2.75, 3.05) is 16.8 Å². The third-order valence-corrected chi connectivity index (χ3v) is 4.98. The van der Waals surface area contributed by atoms with Crippen LogP contribution in [0.15, 0.2) is 53.5 Å². The molecule has 1 atom stereocenters. The molecule has 0 fully saturated rings. The number of aromatic nitrogens is 1. The molecule has 30 heavy (non-hydrogen) atoms. The zero-order valence-corrected chi connectivity index (χ0v) is 16.3. The average Bonchev–Trinajstić information content (AvgIpc) is 2.74. The second-order valence-corrected chi connectivity index (χ2v) is 6.97. The Kier molecular flexibility index (Phi) is 4.85. The molecule has 0 aliphatic carbocycles. The minimum atomic E-state index is -0.578. The Morgan fingerprint density at radius 1 is 1.07 bits per heavy atom. The second-order valence-electron chi connectivity index (χ2n) is 6.53. The third kappa shape index (κ3) is 3.32. The third-order valence-electron chi connectivity index (χ3n) is 4.74. The van der Waals surface area contributed by atoms with Gasteiger partial charge in [0.1, 0.15) is 29.3 Å². The number of hydrogen-bond acceptors (Lipinski definition) is 8. The highest BCUT2D eigenvalue weighted by molar-refractivity contribution is 6.30. The average molecular weight is 415 g/mol. The summed E-state index contributed by atoms with van der Waals surface area (Å²) in [6.45, 7) is 0. The van der Waals surface area contributed by atoms with E-state index in [1.165, 1.54) is 0 Å². The summed E-state index contributed by atoms with van der Waals surface area (Å²) < 4.78 is 0. The summed E-state index contributed by atoms with van der Waals surface area (Å²) in [5.41, 5.74) is 15.7. The topological polar surface area (TPSA) is 149 Å². The Hall–Kier alpha value is -4.27. The van der Waals surface area contributed by atoms with Crippen molar-refractivity contribution in [3.63, 3.8) is 0 Å². The van der Waals surface area contributed by atoms with Crippen LogP contribution in [0.5, 0.6) is 0 Å². The number of guanidine groups is 1. The molecule has 0 saturated heterocycles. The molecular weight excluding hydrogens is 400 g/mol. The maximum Gasteiger partial charge on any atom is 0.211 e. The fourth-order valence-electron chi connectivity index (χ4n) is 3.35. The Morgan fingerprint density at radius 3 is 2.50 bits per heavy atom. The monoisotopic (exact) mass is 414 g/mol. The molecule has 0 radical (unpaired) electrons. The van der Waals surface area contributed by atoms with Crippen molar-refractivity contribution in [3.8, 4) is 23.4 Å². The number of pyridine rings is 1. The van der Waals surface area contributed by atoms with E-state index in [1.807, 2.05) is 60.8 Å². The van der Waals surface area contributed by atoms with Gasteiger partial charge in [-0.05, 0) is 28.8 Å². The van der Waals surface area contributed by atoms with Crippen molar-refractivity contribution < 1.29 is 0 Å². The largest absolute Gasteiger partial charge is 0.397 e. The zero-order valence-electron chi connectivity index (χ0n) is 15.5. The molecule has 0 bridgehead atoms. The van der Waals surface area contributed by atoms with Crippen molar-refractivity contribution in [1.29, 1.82) is 10.5 Å². The molecule has 2 aromatic carbocycles. The number of nitrogens with zero attached hydrogens (tertiary/aromatic N) is 4. The van der Waals surface area contributed by atoms with Gasteiger partial charge in [0.2, 0.25) is 5.96 Å². The standard InChI is InChI=1S/C21H15ClN8/c22-14-3-1-2-13(8-14)11-4-6-12(7-5-11)18-16-17(25)15(9-23)19(26)29-20(16)30-21(28-18)27-10-24/h1-8,18H,(H6,25,26,27,28,29,30). The van der Waals surface area contributed by atoms with Crippen LogP contribution in [0.25, 0.3) is 11.1 Å². The van der Waals surface area contributed by atoms with E-state index in [9.17, 15) is 5.26 Å². The molecule has 1 unspecified atom stereocenters. The molecule has 1 aliphatic rings. The Morgan fingerprint density at radius 2 is 1.83 bits per heavy atom. The van der Waals surface area contributed by atoms with Crippen LogP contribution in [0.2, 0.25) is 5.02 Å². The van der Waals surface area contributed by atoms with Gasteiger partial charge < -0.3 is 16.8 Å². The number of aliphatic imine (C=N–C) groups is 1. The number of benzene rings is 2. The van der Waals surface area contributed by atoms with Crippen LogP contribution in [0, 0.1) is 22.8 Å². The van der Waals surface area contributed by atoms with Crippen LogP contribution >= 0.6 is 11.6 Å². The molecule has 4 rings (SSSR count). The number of nitrogens with two attached hydrogens (primary N) is 2. The van der Waals surface area contributed by atoms with Crippen LogP contribution in [-0.4, -0.2) is 10.9 Å². The van der Waals surface area contributed by atoms with Gasteiger partial charge in [0, 0.05) is 10.6 Å². The van der Waals surface area contributed by atoms with Crippen molar-refractivity contribution in [2.45, 2.75) is 6.04 Å². The van der Waals surface area contributed by atoms with Gasteiger partial charge in [-0.2, -0.15) is 10.5 Å². The van der Waals surface area contributed by atoms with Gasteiger partial charge in [-0.15, -0.1) is 0 Å². The van der Waals surface area contributed by atoms with E-state index < -0.39 is 6.04 Å². The highest BCUT2D eigenvalue weighted by Gasteiger charge is 2.29. The smallest absolute Gasteiger partial charge is 0.211 e. The second kappa shape index (κ2) is 7.63. The van der Waals surface area contributed by atoms with E-state index >= 15 is 0 Å². The number of hydrogen-bond donors (Lipinski definition) is 4. The maximum atomic E-state index is 9.41. The molecule has 9 heteroatoms. The summed E-state index contributed by atoms with van der Waals surface area (Å²) >= 11 is 6.09. The van der Waals surface area contributed by atoms with Gasteiger partial charge in [0.15, 0.2) is 6.19 Å². The summed E-state index contributed by atoms with van der Waals surface area (Å²) in [5, 5.41) is 24.4. The van der Waals surface area contributed by atoms with E-state index in [0.29, 0.717) is 16.4 Å². The lowest BCUT2D eigenvalue weighted by atomic mass is 9.93. The Bertz CT molecular complexity index is 1250. The lowest BCUT2D eigenvalue weighted by molar-refractivity contribution is 0.847. The summed E-state index contributed by atoms with van der Waals surface area (Å²) in [6.07, 6.45) is 1.83. The lowest BCUT2D eigenvalue weighted by Crippen LogP contribution is -2.32. The highest BCUT2D eigenvalue weighted by Crippen LogP contribution is 2.40. The molecule has 6 N–H and O–H groups in total. The molecule has 146 valence electrons. The number of halogens is 1. The number of nitrogens with one attached hydrogen (secondary N) is 2. The normalized spacial score (nSPS) is 14.5. The van der Waals surface area contributed by atoms with Crippen LogP contribution in [-0.2, 0) is 0 Å². The van der Waals surface area contributed by atoms with Gasteiger partial charge in [0.25, 0.3) is 0 Å². The van der Waals surface area contributed by atoms with Crippen molar-refractivity contribution in [1.82, 2.24) is 10.3 Å². The first-order valence-electron chi connectivity index (χ1n) is 8.86. The van der Waals surface area contributed by atoms with Gasteiger partial charge in [-0.3, -0.25) is 5.32 Å². The first kappa shape index (κ1) is 19.1. The van der Waals surface area contributed by atoms with Crippen molar-refractivity contribution in [2.24, 2.45) is 4.99 Å². The Balaban J connectivity index is 1.82. The van der Waals surface area contributed by atoms with Crippen LogP contribution in [0.1, 0.15) is 22.7 Å². The maximum absolute atomic E-state index is 9.41. The highest BCUT2D eigenvalue weighted by atomic mass is 35.5. The van der Waals surface area contributed by atoms with Gasteiger partial charge in [-0.1, -0.05) is 48.0 Å². The summed E-state index contributed by atoms with van der Waals surface area (Å²) in [5.74, 6) is 0.570. The van der Waals surface area contributed by atoms with Gasteiger partial charge in [-0.25, -0.2) is 9.98 Å². The number of nitriles is 2. The minimum Gasteiger partial charge on any atom is -0.397 e. The predicted molar refractivity (Wildman–Crippen MR) is 116 cm³/mol. The molecule has 3 aromatic rings. The number of fused-ring (bicyclic) bond motifs is 1. The molecule has 0 saturated carbocycles. The molecule has 0 amide bonds. The van der Waals surface area contributed by atoms with Crippen molar-refractivity contribution >= 4 is 34.9 Å². The Labute approximate surface area is 177 Å². The molecule has 1 aromatic heterocycles. The van der Waals surface area contributed by atoms with Crippen LogP contribution in [0.3, 0.4) is 0 Å². The van der Waals surface area contributed by atoms with Gasteiger partial charge in [0.05, 0.1) is 5.69 Å². The summed E-state index contributed by atoms with van der Waals surface area (Å²) in [7, 11) is 0. The van der Waals surface area contributed by atoms with E-state index in [-0.39, 0.29) is 23.0 Å². The van der Waals surface area contributed by atoms with E-state index in [2.05, 4.69) is 20.6 Å². The number of anilines is 3. The first-order chi connectivity index (χ1) is 14.5. The number of rotatable bonds is 2. The van der Waals surface area contributed by atoms with E-state index in [0.717, 1.165) is 16.7 Å². The van der Waals surface area contributed by atoms with Crippen molar-refractivity contribution in [3.05, 3.63) is 70.2 Å². The number of nitrogen functional groups attached to an aromatic ring is 2. The molecular formula is C21H15ClN8. The zero-order chi connectivity index (χ0) is 21.3. The minimum absolute atomic E-state index is 0.00881. The van der Waals surface area contributed by atoms with Crippen LogP contribution in [0.4, 0.5) is 17.3 Å². The summed E-state index contributed by atoms with van der Waals surface area (Å²) in [6, 6.07) is 16.7. The van der Waals surface area contributed by atoms with Gasteiger partial charge >= 0.3 is 0 Å². The quantitative estimate of drug-likeness (QED) is 0.371. The van der Waals surface area contributed by atoms with E-state index in [4.69, 9.17) is 28.3 Å². The first-order valence-corrected chi connectivity index (χ1v) is 9.24. The summed E-state index contributed by atoms with van der Waals surface area (Å²) in [4.78, 5) is 8.79. The van der Waals surface area contributed by atoms with E-state index in [1.54, 1.807) is 0 Å². The fourth-order valence-corrected chi connectivity index (χ4v) is 3.54. The molecule has 8 nitrogen and oxygen atoms in total. The lowest BCUT2D eigenvalue weighted by Gasteiger charge is -2.26. The molecule has 1 aliphatic heterocycles. The fraction of sp³-hybridized carbons (Fsp3) is 0.0476. The molecule has 0 spiro atoms. The SMILES string of the molecule is N#CNC1=NC(c2ccc(-c3cccc(Cl)c3)cc2)c2c(nc(N)c(C#N)c2N)N1. The van der Waals surface area contributed by atoms with Crippen LogP contribution < -0.4 is 22.1 Å². The molecule has 2 heterocycles.